The summed E-state index contributed by atoms with van der Waals surface area (Å²) >= 11 is 0. The maximum absolute atomic E-state index is 4.19. The van der Waals surface area contributed by atoms with Crippen LogP contribution in [-0.2, 0) is 0 Å². The number of hydrogen-bond acceptors (Lipinski definition) is 3. The van der Waals surface area contributed by atoms with Gasteiger partial charge in [0.1, 0.15) is 0 Å². The van der Waals surface area contributed by atoms with Gasteiger partial charge >= 0.3 is 0 Å². The van der Waals surface area contributed by atoms with Crippen molar-refractivity contribution in [2.75, 3.05) is 13.1 Å². The highest BCUT2D eigenvalue weighted by atomic mass is 15.2. The molecule has 1 aliphatic rings. The Hall–Kier alpha value is -1.71. The van der Waals surface area contributed by atoms with Crippen molar-refractivity contribution in [1.82, 2.24) is 15.6 Å². The van der Waals surface area contributed by atoms with Crippen molar-refractivity contribution in [1.29, 1.82) is 0 Å². The quantitative estimate of drug-likeness (QED) is 0.820. The van der Waals surface area contributed by atoms with Crippen LogP contribution < -0.4 is 10.6 Å². The predicted octanol–water partition coefficient (Wildman–Crippen LogP) is 1.94. The highest BCUT2D eigenvalue weighted by Gasteiger charge is 2.18. The molecule has 0 bridgehead atoms. The van der Waals surface area contributed by atoms with Gasteiger partial charge in [-0.1, -0.05) is 30.3 Å². The van der Waals surface area contributed by atoms with Crippen molar-refractivity contribution in [3.8, 4) is 11.1 Å². The molecule has 0 aliphatic carbocycles. The van der Waals surface area contributed by atoms with E-state index in [-0.39, 0.29) is 6.17 Å². The van der Waals surface area contributed by atoms with E-state index >= 15 is 0 Å². The molecule has 1 aromatic carbocycles. The highest BCUT2D eigenvalue weighted by Crippen LogP contribution is 2.27. The van der Waals surface area contributed by atoms with Crippen molar-refractivity contribution >= 4 is 0 Å². The van der Waals surface area contributed by atoms with Crippen molar-refractivity contribution in [3.63, 3.8) is 0 Å². The van der Waals surface area contributed by atoms with Gasteiger partial charge < -0.3 is 0 Å². The third-order valence-corrected chi connectivity index (χ3v) is 3.07. The Morgan fingerprint density at radius 1 is 1.00 bits per heavy atom. The Bertz CT molecular complexity index is 490. The van der Waals surface area contributed by atoms with E-state index in [4.69, 9.17) is 0 Å². The van der Waals surface area contributed by atoms with Crippen LogP contribution in [0.1, 0.15) is 11.7 Å². The largest absolute Gasteiger partial charge is 0.297 e. The number of hydrogen-bond donors (Lipinski definition) is 2. The first-order valence-electron chi connectivity index (χ1n) is 5.91. The summed E-state index contributed by atoms with van der Waals surface area (Å²) in [5.41, 5.74) is 3.70. The van der Waals surface area contributed by atoms with E-state index in [1.54, 1.807) is 6.20 Å². The van der Waals surface area contributed by atoms with E-state index in [1.807, 2.05) is 12.3 Å². The summed E-state index contributed by atoms with van der Waals surface area (Å²) in [6.45, 7) is 2.04. The molecule has 1 fully saturated rings. The van der Waals surface area contributed by atoms with E-state index in [1.165, 1.54) is 16.7 Å². The Labute approximate surface area is 101 Å². The molecule has 17 heavy (non-hydrogen) atoms. The number of rotatable bonds is 2. The van der Waals surface area contributed by atoms with Gasteiger partial charge in [0.25, 0.3) is 0 Å². The van der Waals surface area contributed by atoms with Crippen molar-refractivity contribution in [2.45, 2.75) is 6.17 Å². The molecule has 1 aromatic heterocycles. The van der Waals surface area contributed by atoms with Crippen LogP contribution in [0.3, 0.4) is 0 Å². The molecule has 2 N–H and O–H groups in total. The Balaban J connectivity index is 2.04. The van der Waals surface area contributed by atoms with Crippen LogP contribution in [0.15, 0.2) is 48.8 Å². The maximum atomic E-state index is 4.19. The van der Waals surface area contributed by atoms with Crippen LogP contribution in [0.4, 0.5) is 0 Å². The van der Waals surface area contributed by atoms with Gasteiger partial charge in [-0.2, -0.15) is 0 Å². The maximum Gasteiger partial charge on any atom is 0.0842 e. The van der Waals surface area contributed by atoms with Crippen molar-refractivity contribution in [3.05, 3.63) is 54.4 Å². The third-order valence-electron chi connectivity index (χ3n) is 3.07. The van der Waals surface area contributed by atoms with Gasteiger partial charge in [0.2, 0.25) is 0 Å². The number of nitrogens with one attached hydrogen (secondary N) is 2. The normalized spacial score (nSPS) is 16.2. The lowest BCUT2D eigenvalue weighted by Gasteiger charge is -2.16. The van der Waals surface area contributed by atoms with Crippen LogP contribution in [0, 0.1) is 0 Å². The zero-order valence-electron chi connectivity index (χ0n) is 9.56. The molecule has 0 unspecified atom stereocenters. The lowest BCUT2D eigenvalue weighted by atomic mass is 9.99. The summed E-state index contributed by atoms with van der Waals surface area (Å²) in [7, 11) is 0. The van der Waals surface area contributed by atoms with Gasteiger partial charge in [-0.05, 0) is 17.2 Å². The fraction of sp³-hybridized carbons (Fsp3) is 0.214. The summed E-state index contributed by atoms with van der Waals surface area (Å²) < 4.78 is 0. The first-order valence-corrected chi connectivity index (χ1v) is 5.91. The second kappa shape index (κ2) is 4.65. The van der Waals surface area contributed by atoms with Gasteiger partial charge in [-0.15, -0.1) is 0 Å². The molecule has 1 saturated heterocycles. The van der Waals surface area contributed by atoms with Crippen molar-refractivity contribution < 1.29 is 0 Å². The fourth-order valence-electron chi connectivity index (χ4n) is 2.26. The van der Waals surface area contributed by atoms with Crippen molar-refractivity contribution in [2.24, 2.45) is 0 Å². The lowest BCUT2D eigenvalue weighted by Crippen LogP contribution is -2.21. The van der Waals surface area contributed by atoms with Gasteiger partial charge in [0, 0.05) is 31.0 Å². The zero-order chi connectivity index (χ0) is 11.5. The van der Waals surface area contributed by atoms with E-state index in [0.717, 1.165) is 13.1 Å². The average molecular weight is 225 g/mol. The van der Waals surface area contributed by atoms with Gasteiger partial charge in [-0.25, -0.2) is 0 Å². The molecule has 2 heterocycles. The van der Waals surface area contributed by atoms with Crippen LogP contribution in [0.25, 0.3) is 11.1 Å². The zero-order valence-corrected chi connectivity index (χ0v) is 9.56. The molecule has 3 rings (SSSR count). The van der Waals surface area contributed by atoms with Crippen LogP contribution >= 0.6 is 0 Å². The smallest absolute Gasteiger partial charge is 0.0842 e. The van der Waals surface area contributed by atoms with Crippen LogP contribution in [-0.4, -0.2) is 18.1 Å². The molecule has 86 valence electrons. The second-order valence-electron chi connectivity index (χ2n) is 4.17. The lowest BCUT2D eigenvalue weighted by molar-refractivity contribution is 0.589. The molecule has 0 radical (unpaired) electrons. The summed E-state index contributed by atoms with van der Waals surface area (Å²) in [6, 6.07) is 12.5. The monoisotopic (exact) mass is 225 g/mol. The van der Waals surface area contributed by atoms with Crippen LogP contribution in [0.2, 0.25) is 0 Å². The second-order valence-corrected chi connectivity index (χ2v) is 4.17. The van der Waals surface area contributed by atoms with Crippen LogP contribution in [0.5, 0.6) is 0 Å². The number of aromatic nitrogens is 1. The summed E-state index contributed by atoms with van der Waals surface area (Å²) in [5, 5.41) is 6.90. The minimum absolute atomic E-state index is 0.256. The minimum Gasteiger partial charge on any atom is -0.297 e. The third kappa shape index (κ3) is 2.07. The predicted molar refractivity (Wildman–Crippen MR) is 68.4 cm³/mol. The van der Waals surface area contributed by atoms with Gasteiger partial charge in [-0.3, -0.25) is 15.6 Å². The van der Waals surface area contributed by atoms with Gasteiger partial charge in [0.15, 0.2) is 0 Å². The molecule has 3 heteroatoms. The average Bonchev–Trinajstić information content (AvgIpc) is 2.94. The molecule has 1 aliphatic heterocycles. The molecule has 0 atom stereocenters. The highest BCUT2D eigenvalue weighted by molar-refractivity contribution is 5.67. The molecule has 0 spiro atoms. The fourth-order valence-corrected chi connectivity index (χ4v) is 2.26. The van der Waals surface area contributed by atoms with Gasteiger partial charge in [0.05, 0.1) is 6.17 Å². The Morgan fingerprint density at radius 2 is 1.82 bits per heavy atom. The molecular weight excluding hydrogens is 210 g/mol. The van der Waals surface area contributed by atoms with E-state index in [9.17, 15) is 0 Å². The molecular formula is C14H15N3. The number of benzene rings is 1. The first-order chi connectivity index (χ1) is 8.45. The minimum atomic E-state index is 0.256. The Morgan fingerprint density at radius 3 is 2.59 bits per heavy atom. The van der Waals surface area contributed by atoms with E-state index in [0.29, 0.717) is 0 Å². The summed E-state index contributed by atoms with van der Waals surface area (Å²) in [4.78, 5) is 4.19. The molecule has 2 aromatic rings. The number of pyridine rings is 1. The molecule has 0 saturated carbocycles. The summed E-state index contributed by atoms with van der Waals surface area (Å²) in [5.74, 6) is 0. The first kappa shape index (κ1) is 10.4. The Kier molecular flexibility index (Phi) is 2.86. The summed E-state index contributed by atoms with van der Waals surface area (Å²) in [6.07, 6.45) is 3.97. The number of nitrogens with zero attached hydrogens (tertiary/aromatic N) is 1. The molecule has 0 amide bonds. The molecule has 3 nitrogen and oxygen atoms in total. The SMILES string of the molecule is c1cncc(-c2ccccc2C2NCCN2)c1. The van der Waals surface area contributed by atoms with E-state index in [2.05, 4.69) is 45.9 Å². The topological polar surface area (TPSA) is 37.0 Å². The van der Waals surface area contributed by atoms with E-state index < -0.39 is 0 Å². The standard InChI is InChI=1S/C14H15N3/c1-2-6-13(14-16-8-9-17-14)12(5-1)11-4-3-7-15-10-11/h1-7,10,14,16-17H,8-9H2.